The van der Waals surface area contributed by atoms with Gasteiger partial charge in [-0.15, -0.1) is 0 Å². The second-order valence-electron chi connectivity index (χ2n) is 9.49. The molecule has 3 amide bonds. The van der Waals surface area contributed by atoms with Crippen LogP contribution in [0.5, 0.6) is 11.5 Å². The second-order valence-corrected chi connectivity index (χ2v) is 9.49. The molecular weight excluding hydrogens is 486 g/mol. The Hall–Kier alpha value is -4.66. The Labute approximate surface area is 219 Å². The Kier molecular flexibility index (Phi) is 6.83. The first-order valence-corrected chi connectivity index (χ1v) is 12.3. The minimum absolute atomic E-state index is 0.113. The summed E-state index contributed by atoms with van der Waals surface area (Å²) < 4.78 is 10.8. The molecule has 0 aliphatic carbocycles. The number of ether oxygens (including phenoxy) is 2. The third-order valence-electron chi connectivity index (χ3n) is 6.56. The maximum absolute atomic E-state index is 13.8. The van der Waals surface area contributed by atoms with Crippen molar-refractivity contribution in [1.82, 2.24) is 4.90 Å². The summed E-state index contributed by atoms with van der Waals surface area (Å²) in [7, 11) is 0. The molecular formula is C29H27N3O6. The largest absolute Gasteiger partial charge is 0.454 e. The van der Waals surface area contributed by atoms with Crippen LogP contribution in [0.4, 0.5) is 11.4 Å². The lowest BCUT2D eigenvalue weighted by Gasteiger charge is -2.34. The van der Waals surface area contributed by atoms with Crippen molar-refractivity contribution >= 4 is 34.9 Å². The van der Waals surface area contributed by atoms with Crippen LogP contribution in [0.15, 0.2) is 72.8 Å². The molecule has 0 unspecified atom stereocenters. The van der Waals surface area contributed by atoms with Crippen LogP contribution >= 0.6 is 0 Å². The van der Waals surface area contributed by atoms with E-state index >= 15 is 0 Å². The van der Waals surface area contributed by atoms with Crippen LogP contribution in [0.25, 0.3) is 0 Å². The molecule has 0 spiro atoms. The summed E-state index contributed by atoms with van der Waals surface area (Å²) in [5.74, 6) is -1.39. The molecule has 9 heteroatoms. The molecule has 3 aromatic carbocycles. The van der Waals surface area contributed by atoms with Gasteiger partial charge in [0.25, 0.3) is 11.7 Å². The van der Waals surface area contributed by atoms with Gasteiger partial charge in [0.05, 0.1) is 11.3 Å². The number of fused-ring (bicyclic) bond motifs is 2. The van der Waals surface area contributed by atoms with Crippen LogP contribution in [0, 0.1) is 5.92 Å². The number of nitrogens with zero attached hydrogens (tertiary/aromatic N) is 2. The highest BCUT2D eigenvalue weighted by atomic mass is 16.7. The smallest absolute Gasteiger partial charge is 0.299 e. The monoisotopic (exact) mass is 513 g/mol. The molecule has 0 fully saturated rings. The maximum atomic E-state index is 13.8. The summed E-state index contributed by atoms with van der Waals surface area (Å²) in [6, 6.07) is 20.1. The summed E-state index contributed by atoms with van der Waals surface area (Å²) in [6.07, 6.45) is 0. The Morgan fingerprint density at radius 1 is 0.947 bits per heavy atom. The van der Waals surface area contributed by atoms with Gasteiger partial charge in [-0.25, -0.2) is 0 Å². The highest BCUT2D eigenvalue weighted by molar-refractivity contribution is 6.52. The molecule has 0 radical (unpaired) electrons. The number of hydrogen-bond acceptors (Lipinski definition) is 6. The number of hydrogen-bond donors (Lipinski definition) is 1. The van der Waals surface area contributed by atoms with E-state index in [2.05, 4.69) is 5.32 Å². The lowest BCUT2D eigenvalue weighted by atomic mass is 10.00. The number of benzene rings is 3. The molecule has 0 saturated carbocycles. The van der Waals surface area contributed by atoms with Crippen molar-refractivity contribution in [2.24, 2.45) is 5.92 Å². The summed E-state index contributed by atoms with van der Waals surface area (Å²) in [6.45, 7) is 3.61. The van der Waals surface area contributed by atoms with Crippen molar-refractivity contribution in [2.75, 3.05) is 23.6 Å². The standard InChI is InChI=1S/C29H27N3O6/c1-18(2)26(28(35)30-20-12-13-23-24(14-20)38-17-37-23)32(15-19-8-4-3-5-9-19)25(33)16-31-22-11-7-6-10-21(22)27(34)29(31)36/h3-14,18,26H,15-17H2,1-2H3,(H,30,35)/t26-/m1/s1. The Balaban J connectivity index is 1.43. The number of amides is 3. The molecule has 2 heterocycles. The molecule has 9 nitrogen and oxygen atoms in total. The van der Waals surface area contributed by atoms with E-state index in [9.17, 15) is 19.2 Å². The van der Waals surface area contributed by atoms with Gasteiger partial charge in [0, 0.05) is 18.3 Å². The molecule has 5 rings (SSSR count). The molecule has 0 aromatic heterocycles. The predicted octanol–water partition coefficient (Wildman–Crippen LogP) is 3.64. The third-order valence-corrected chi connectivity index (χ3v) is 6.56. The molecule has 0 saturated heterocycles. The fourth-order valence-corrected chi connectivity index (χ4v) is 4.75. The lowest BCUT2D eigenvalue weighted by molar-refractivity contribution is -0.140. The fraction of sp³-hybridized carbons (Fsp3) is 0.241. The molecule has 1 atom stereocenters. The summed E-state index contributed by atoms with van der Waals surface area (Å²) in [5, 5.41) is 2.90. The predicted molar refractivity (Wildman–Crippen MR) is 140 cm³/mol. The quantitative estimate of drug-likeness (QED) is 0.461. The zero-order chi connectivity index (χ0) is 26.8. The normalized spacial score (nSPS) is 14.4. The SMILES string of the molecule is CC(C)[C@H](C(=O)Nc1ccc2c(c1)OCO2)N(Cc1ccccc1)C(=O)CN1C(=O)C(=O)c2ccccc21. The number of carbonyl (C=O) groups excluding carboxylic acids is 4. The highest BCUT2D eigenvalue weighted by Crippen LogP contribution is 2.34. The van der Waals surface area contributed by atoms with Gasteiger partial charge in [0.15, 0.2) is 11.5 Å². The van der Waals surface area contributed by atoms with Crippen molar-refractivity contribution in [2.45, 2.75) is 26.4 Å². The molecule has 2 aliphatic rings. The molecule has 2 aliphatic heterocycles. The minimum atomic E-state index is -0.864. The van der Waals surface area contributed by atoms with Gasteiger partial charge in [-0.2, -0.15) is 0 Å². The average Bonchev–Trinajstić information content (AvgIpc) is 3.47. The maximum Gasteiger partial charge on any atom is 0.299 e. The second kappa shape index (κ2) is 10.4. The summed E-state index contributed by atoms with van der Waals surface area (Å²) in [5.41, 5.74) is 1.99. The van der Waals surface area contributed by atoms with Gasteiger partial charge in [0.1, 0.15) is 12.6 Å². The fourth-order valence-electron chi connectivity index (χ4n) is 4.75. The van der Waals surface area contributed by atoms with Crippen LogP contribution < -0.4 is 19.7 Å². The van der Waals surface area contributed by atoms with Crippen LogP contribution in [0.3, 0.4) is 0 Å². The number of Topliss-reactive ketones (excluding diaryl/α,β-unsaturated/α-hetero) is 1. The van der Waals surface area contributed by atoms with Crippen LogP contribution in [-0.2, 0) is 20.9 Å². The van der Waals surface area contributed by atoms with Gasteiger partial charge < -0.3 is 19.7 Å². The van der Waals surface area contributed by atoms with Crippen molar-refractivity contribution in [3.05, 3.63) is 83.9 Å². The Morgan fingerprint density at radius 2 is 1.66 bits per heavy atom. The van der Waals surface area contributed by atoms with E-state index in [1.54, 1.807) is 42.5 Å². The van der Waals surface area contributed by atoms with E-state index in [0.29, 0.717) is 22.9 Å². The molecule has 3 aromatic rings. The Bertz CT molecular complexity index is 1400. The minimum Gasteiger partial charge on any atom is -0.454 e. The third kappa shape index (κ3) is 4.82. The first-order chi connectivity index (χ1) is 18.3. The van der Waals surface area contributed by atoms with Gasteiger partial charge >= 0.3 is 0 Å². The van der Waals surface area contributed by atoms with E-state index < -0.39 is 23.6 Å². The lowest BCUT2D eigenvalue weighted by Crippen LogP contribution is -2.53. The van der Waals surface area contributed by atoms with E-state index in [1.807, 2.05) is 44.2 Å². The van der Waals surface area contributed by atoms with E-state index in [-0.39, 0.29) is 37.3 Å². The van der Waals surface area contributed by atoms with Crippen LogP contribution in [0.2, 0.25) is 0 Å². The molecule has 0 bridgehead atoms. The van der Waals surface area contributed by atoms with Gasteiger partial charge in [-0.05, 0) is 35.7 Å². The summed E-state index contributed by atoms with van der Waals surface area (Å²) in [4.78, 5) is 55.4. The first-order valence-electron chi connectivity index (χ1n) is 12.3. The van der Waals surface area contributed by atoms with Crippen LogP contribution in [0.1, 0.15) is 29.8 Å². The zero-order valence-corrected chi connectivity index (χ0v) is 21.0. The molecule has 38 heavy (non-hydrogen) atoms. The number of nitrogens with one attached hydrogen (secondary N) is 1. The number of carbonyl (C=O) groups is 4. The van der Waals surface area contributed by atoms with Crippen molar-refractivity contribution in [3.8, 4) is 11.5 Å². The molecule has 194 valence electrons. The number of ketones is 1. The number of rotatable bonds is 8. The van der Waals surface area contributed by atoms with Gasteiger partial charge in [-0.1, -0.05) is 56.3 Å². The highest BCUT2D eigenvalue weighted by Gasteiger charge is 2.39. The number of para-hydroxylation sites is 1. The van der Waals surface area contributed by atoms with E-state index in [0.717, 1.165) is 5.56 Å². The van der Waals surface area contributed by atoms with Gasteiger partial charge in [0.2, 0.25) is 18.6 Å². The zero-order valence-electron chi connectivity index (χ0n) is 21.0. The van der Waals surface area contributed by atoms with E-state index in [1.165, 1.54) is 9.80 Å². The topological polar surface area (TPSA) is 105 Å². The summed E-state index contributed by atoms with van der Waals surface area (Å²) >= 11 is 0. The van der Waals surface area contributed by atoms with Crippen molar-refractivity contribution in [1.29, 1.82) is 0 Å². The van der Waals surface area contributed by atoms with Crippen LogP contribution in [-0.4, -0.2) is 47.8 Å². The van der Waals surface area contributed by atoms with Crippen molar-refractivity contribution in [3.63, 3.8) is 0 Å². The average molecular weight is 514 g/mol. The number of anilines is 2. The Morgan fingerprint density at radius 3 is 2.42 bits per heavy atom. The van der Waals surface area contributed by atoms with Crippen molar-refractivity contribution < 1.29 is 28.7 Å². The van der Waals surface area contributed by atoms with Gasteiger partial charge in [-0.3, -0.25) is 24.1 Å². The molecule has 1 N–H and O–H groups in total. The first kappa shape index (κ1) is 25.0. The van der Waals surface area contributed by atoms with E-state index in [4.69, 9.17) is 9.47 Å².